The van der Waals surface area contributed by atoms with Gasteiger partial charge in [0.15, 0.2) is 12.4 Å². The molecule has 170 valence electrons. The molecule has 3 heterocycles. The Bertz CT molecular complexity index is 1120. The summed E-state index contributed by atoms with van der Waals surface area (Å²) in [4.78, 5) is 29.2. The second-order valence-electron chi connectivity index (χ2n) is 8.51. The van der Waals surface area contributed by atoms with Crippen molar-refractivity contribution in [2.45, 2.75) is 32.0 Å². The number of hydrogen-bond donors (Lipinski definition) is 1. The van der Waals surface area contributed by atoms with Crippen molar-refractivity contribution in [1.82, 2.24) is 10.2 Å². The standard InChI is InChI=1S/C26H27N3O4/c30-25-18-32-23-9-5-4-8-22(23)29(25)17-21-10-11-24(33-21)26(31)27-20-12-14-28(15-13-20)16-19-6-2-1-3-7-19/h1-11,20H,12-18H2,(H,27,31). The lowest BCUT2D eigenvalue weighted by Crippen LogP contribution is -2.44. The average molecular weight is 446 g/mol. The van der Waals surface area contributed by atoms with Crippen LogP contribution < -0.4 is 15.0 Å². The molecule has 1 N–H and O–H groups in total. The fourth-order valence-electron chi connectivity index (χ4n) is 4.40. The van der Waals surface area contributed by atoms with E-state index in [0.717, 1.165) is 32.5 Å². The van der Waals surface area contributed by atoms with E-state index in [1.165, 1.54) is 5.56 Å². The molecule has 2 aliphatic rings. The molecule has 2 aliphatic heterocycles. The first-order valence-electron chi connectivity index (χ1n) is 11.3. The maximum Gasteiger partial charge on any atom is 0.287 e. The first kappa shape index (κ1) is 21.3. The van der Waals surface area contributed by atoms with Crippen molar-refractivity contribution < 1.29 is 18.7 Å². The van der Waals surface area contributed by atoms with Crippen LogP contribution in [0.1, 0.15) is 34.7 Å². The number of amides is 2. The lowest BCUT2D eigenvalue weighted by molar-refractivity contribution is -0.121. The lowest BCUT2D eigenvalue weighted by Gasteiger charge is -2.32. The smallest absolute Gasteiger partial charge is 0.287 e. The van der Waals surface area contributed by atoms with E-state index in [9.17, 15) is 9.59 Å². The SMILES string of the molecule is O=C(NC1CCN(Cc2ccccc2)CC1)c1ccc(CN2C(=O)COc3ccccc32)o1. The number of furan rings is 1. The van der Waals surface area contributed by atoms with Gasteiger partial charge in [-0.2, -0.15) is 0 Å². The van der Waals surface area contributed by atoms with Gasteiger partial charge in [0.1, 0.15) is 11.5 Å². The number of hydrogen-bond acceptors (Lipinski definition) is 5. The number of likely N-dealkylation sites (tertiary alicyclic amines) is 1. The number of anilines is 1. The number of carbonyl (C=O) groups excluding carboxylic acids is 2. The quantitative estimate of drug-likeness (QED) is 0.628. The summed E-state index contributed by atoms with van der Waals surface area (Å²) in [6, 6.07) is 21.4. The van der Waals surface area contributed by atoms with Crippen LogP contribution in [0.25, 0.3) is 0 Å². The van der Waals surface area contributed by atoms with Gasteiger partial charge in [-0.05, 0) is 42.7 Å². The molecule has 5 rings (SSSR count). The number of rotatable bonds is 6. The Morgan fingerprint density at radius 1 is 0.939 bits per heavy atom. The predicted molar refractivity (Wildman–Crippen MR) is 124 cm³/mol. The first-order valence-corrected chi connectivity index (χ1v) is 11.3. The third-order valence-electron chi connectivity index (χ3n) is 6.18. The van der Waals surface area contributed by atoms with Gasteiger partial charge in [-0.15, -0.1) is 0 Å². The molecule has 3 aromatic rings. The highest BCUT2D eigenvalue weighted by molar-refractivity contribution is 5.97. The molecule has 0 saturated carbocycles. The molecule has 1 fully saturated rings. The number of nitrogens with zero attached hydrogens (tertiary/aromatic N) is 2. The van der Waals surface area contributed by atoms with Crippen molar-refractivity contribution in [1.29, 1.82) is 0 Å². The van der Waals surface area contributed by atoms with E-state index in [0.29, 0.717) is 17.2 Å². The van der Waals surface area contributed by atoms with Crippen LogP contribution in [-0.2, 0) is 17.9 Å². The minimum Gasteiger partial charge on any atom is -0.482 e. The Kier molecular flexibility index (Phi) is 6.13. The molecule has 0 unspecified atom stereocenters. The molecule has 7 heteroatoms. The second-order valence-corrected chi connectivity index (χ2v) is 8.51. The Labute approximate surface area is 192 Å². The number of carbonyl (C=O) groups is 2. The van der Waals surface area contributed by atoms with Gasteiger partial charge in [0.25, 0.3) is 11.8 Å². The van der Waals surface area contributed by atoms with Gasteiger partial charge in [0.2, 0.25) is 0 Å². The highest BCUT2D eigenvalue weighted by Gasteiger charge is 2.27. The maximum absolute atomic E-state index is 12.7. The number of para-hydroxylation sites is 2. The zero-order chi connectivity index (χ0) is 22.6. The van der Waals surface area contributed by atoms with Gasteiger partial charge in [0.05, 0.1) is 12.2 Å². The first-order chi connectivity index (χ1) is 16.2. The van der Waals surface area contributed by atoms with E-state index in [1.807, 2.05) is 30.3 Å². The summed E-state index contributed by atoms with van der Waals surface area (Å²) in [6.07, 6.45) is 1.82. The predicted octanol–water partition coefficient (Wildman–Crippen LogP) is 3.60. The Hall–Kier alpha value is -3.58. The van der Waals surface area contributed by atoms with Gasteiger partial charge < -0.3 is 14.5 Å². The van der Waals surface area contributed by atoms with E-state index >= 15 is 0 Å². The lowest BCUT2D eigenvalue weighted by atomic mass is 10.0. The molecule has 1 aromatic heterocycles. The third-order valence-corrected chi connectivity index (χ3v) is 6.18. The fourth-order valence-corrected chi connectivity index (χ4v) is 4.40. The molecule has 2 amide bonds. The van der Waals surface area contributed by atoms with Crippen LogP contribution in [0.5, 0.6) is 5.75 Å². The summed E-state index contributed by atoms with van der Waals surface area (Å²) < 4.78 is 11.3. The second kappa shape index (κ2) is 9.50. The molecule has 0 bridgehead atoms. The summed E-state index contributed by atoms with van der Waals surface area (Å²) in [7, 11) is 0. The highest BCUT2D eigenvalue weighted by atomic mass is 16.5. The molecule has 1 saturated heterocycles. The largest absolute Gasteiger partial charge is 0.482 e. The average Bonchev–Trinajstić information content (AvgIpc) is 3.32. The number of piperidine rings is 1. The monoisotopic (exact) mass is 445 g/mol. The molecule has 0 spiro atoms. The summed E-state index contributed by atoms with van der Waals surface area (Å²) >= 11 is 0. The minimum atomic E-state index is -0.212. The van der Waals surface area contributed by atoms with Crippen LogP contribution in [0, 0.1) is 0 Å². The molecule has 0 atom stereocenters. The fraction of sp³-hybridized carbons (Fsp3) is 0.308. The molecular formula is C26H27N3O4. The van der Waals surface area contributed by atoms with Crippen molar-refractivity contribution in [2.75, 3.05) is 24.6 Å². The zero-order valence-corrected chi connectivity index (χ0v) is 18.4. The van der Waals surface area contributed by atoms with Crippen molar-refractivity contribution in [3.05, 3.63) is 83.8 Å². The van der Waals surface area contributed by atoms with Crippen LogP contribution in [-0.4, -0.2) is 42.5 Å². The summed E-state index contributed by atoms with van der Waals surface area (Å²) in [5, 5.41) is 3.10. The number of nitrogens with one attached hydrogen (secondary N) is 1. The Morgan fingerprint density at radius 2 is 1.70 bits per heavy atom. The van der Waals surface area contributed by atoms with E-state index in [-0.39, 0.29) is 36.8 Å². The summed E-state index contributed by atoms with van der Waals surface area (Å²) in [5.74, 6) is 1.14. The van der Waals surface area contributed by atoms with Gasteiger partial charge in [-0.25, -0.2) is 0 Å². The van der Waals surface area contributed by atoms with Crippen molar-refractivity contribution >= 4 is 17.5 Å². The van der Waals surface area contributed by atoms with Crippen LogP contribution in [0.4, 0.5) is 5.69 Å². The Balaban J connectivity index is 1.15. The number of benzene rings is 2. The molecule has 0 aliphatic carbocycles. The van der Waals surface area contributed by atoms with Crippen LogP contribution in [0.3, 0.4) is 0 Å². The van der Waals surface area contributed by atoms with Gasteiger partial charge >= 0.3 is 0 Å². The van der Waals surface area contributed by atoms with Gasteiger partial charge in [0, 0.05) is 25.7 Å². The zero-order valence-electron chi connectivity index (χ0n) is 18.4. The van der Waals surface area contributed by atoms with E-state index in [2.05, 4.69) is 34.5 Å². The molecule has 2 aromatic carbocycles. The van der Waals surface area contributed by atoms with Crippen molar-refractivity contribution in [3.8, 4) is 5.75 Å². The van der Waals surface area contributed by atoms with E-state index in [4.69, 9.17) is 9.15 Å². The summed E-state index contributed by atoms with van der Waals surface area (Å²) in [6.45, 7) is 3.08. The number of fused-ring (bicyclic) bond motifs is 1. The van der Waals surface area contributed by atoms with Crippen molar-refractivity contribution in [3.63, 3.8) is 0 Å². The topological polar surface area (TPSA) is 75.0 Å². The van der Waals surface area contributed by atoms with Crippen molar-refractivity contribution in [2.24, 2.45) is 0 Å². The normalized spacial score (nSPS) is 16.8. The highest BCUT2D eigenvalue weighted by Crippen LogP contribution is 2.32. The summed E-state index contributed by atoms with van der Waals surface area (Å²) in [5.41, 5.74) is 2.02. The van der Waals surface area contributed by atoms with Crippen LogP contribution in [0.2, 0.25) is 0 Å². The van der Waals surface area contributed by atoms with E-state index in [1.54, 1.807) is 17.0 Å². The Morgan fingerprint density at radius 3 is 2.52 bits per heavy atom. The molecule has 33 heavy (non-hydrogen) atoms. The van der Waals surface area contributed by atoms with Crippen LogP contribution >= 0.6 is 0 Å². The molecular weight excluding hydrogens is 418 g/mol. The molecule has 0 radical (unpaired) electrons. The third kappa shape index (κ3) is 4.93. The van der Waals surface area contributed by atoms with Gasteiger partial charge in [-0.1, -0.05) is 42.5 Å². The molecule has 7 nitrogen and oxygen atoms in total. The minimum absolute atomic E-state index is 0.00592. The van der Waals surface area contributed by atoms with E-state index < -0.39 is 0 Å². The van der Waals surface area contributed by atoms with Crippen LogP contribution in [0.15, 0.2) is 71.1 Å². The maximum atomic E-state index is 12.7. The van der Waals surface area contributed by atoms with Gasteiger partial charge in [-0.3, -0.25) is 19.4 Å². The number of ether oxygens (including phenoxy) is 1.